The van der Waals surface area contributed by atoms with E-state index in [4.69, 9.17) is 0 Å². The van der Waals surface area contributed by atoms with Gasteiger partial charge in [0.15, 0.2) is 0 Å². The molecule has 14 heavy (non-hydrogen) atoms. The first-order chi connectivity index (χ1) is 6.57. The molecule has 2 rings (SSSR count). The Hall–Kier alpha value is -0.220. The van der Waals surface area contributed by atoms with Crippen LogP contribution in [0.1, 0.15) is 19.3 Å². The summed E-state index contributed by atoms with van der Waals surface area (Å²) in [6.07, 6.45) is 0.878. The van der Waals surface area contributed by atoms with Crippen LogP contribution in [0.4, 0.5) is 8.78 Å². The molecule has 1 N–H and O–H groups in total. The number of likely N-dealkylation sites (N-methyl/N-ethyl adjacent to an activating group) is 1. The van der Waals surface area contributed by atoms with Crippen molar-refractivity contribution in [2.75, 3.05) is 26.7 Å². The van der Waals surface area contributed by atoms with Crippen LogP contribution in [-0.2, 0) is 0 Å². The lowest BCUT2D eigenvalue weighted by Gasteiger charge is -2.36. The van der Waals surface area contributed by atoms with Crippen molar-refractivity contribution in [3.8, 4) is 0 Å². The Kier molecular flexibility index (Phi) is 2.75. The summed E-state index contributed by atoms with van der Waals surface area (Å²) in [4.78, 5) is 2.22. The van der Waals surface area contributed by atoms with Gasteiger partial charge >= 0.3 is 0 Å². The quantitative estimate of drug-likeness (QED) is 0.746. The molecular weight excluding hydrogens is 186 g/mol. The van der Waals surface area contributed by atoms with E-state index in [0.717, 1.165) is 19.6 Å². The highest BCUT2D eigenvalue weighted by Gasteiger charge is 2.40. The van der Waals surface area contributed by atoms with Gasteiger partial charge in [-0.05, 0) is 19.4 Å². The van der Waals surface area contributed by atoms with Gasteiger partial charge in [-0.1, -0.05) is 0 Å². The smallest absolute Gasteiger partial charge is 0.248 e. The molecule has 0 radical (unpaired) electrons. The van der Waals surface area contributed by atoms with E-state index in [-0.39, 0.29) is 18.8 Å². The van der Waals surface area contributed by atoms with Crippen LogP contribution in [0.25, 0.3) is 0 Å². The molecule has 1 saturated heterocycles. The molecule has 82 valence electrons. The average Bonchev–Trinajstić information content (AvgIpc) is 2.25. The Labute approximate surface area is 83.7 Å². The standard InChI is InChI=1S/C10H18F2N2/c1-14(9-5-13-6-9)7-8-2-3-10(11,12)4-8/h8-9,13H,2-7H2,1H3. The van der Waals surface area contributed by atoms with Gasteiger partial charge in [-0.15, -0.1) is 0 Å². The lowest BCUT2D eigenvalue weighted by atomic mass is 10.0. The second-order valence-electron chi connectivity index (χ2n) is 4.72. The minimum absolute atomic E-state index is 0.0917. The van der Waals surface area contributed by atoms with Crippen LogP contribution in [-0.4, -0.2) is 43.5 Å². The molecule has 0 aromatic rings. The predicted octanol–water partition coefficient (Wildman–Crippen LogP) is 1.33. The summed E-state index contributed by atoms with van der Waals surface area (Å²) in [6, 6.07) is 0.573. The van der Waals surface area contributed by atoms with Crippen molar-refractivity contribution in [1.29, 1.82) is 0 Å². The number of hydrogen-bond acceptors (Lipinski definition) is 2. The van der Waals surface area contributed by atoms with Gasteiger partial charge in [0.1, 0.15) is 0 Å². The molecule has 1 heterocycles. The van der Waals surface area contributed by atoms with Gasteiger partial charge in [0.25, 0.3) is 0 Å². The highest BCUT2D eigenvalue weighted by molar-refractivity contribution is 4.87. The topological polar surface area (TPSA) is 15.3 Å². The molecule has 2 fully saturated rings. The Morgan fingerprint density at radius 2 is 2.14 bits per heavy atom. The maximum absolute atomic E-state index is 12.9. The van der Waals surface area contributed by atoms with Gasteiger partial charge in [0.05, 0.1) is 0 Å². The lowest BCUT2D eigenvalue weighted by Crippen LogP contribution is -2.56. The normalized spacial score (nSPS) is 32.1. The molecule has 2 aliphatic rings. The van der Waals surface area contributed by atoms with Gasteiger partial charge in [0, 0.05) is 38.5 Å². The maximum Gasteiger partial charge on any atom is 0.248 e. The first-order valence-corrected chi connectivity index (χ1v) is 5.36. The number of rotatable bonds is 3. The Morgan fingerprint density at radius 1 is 1.43 bits per heavy atom. The summed E-state index contributed by atoms with van der Waals surface area (Å²) < 4.78 is 25.8. The summed E-state index contributed by atoms with van der Waals surface area (Å²) in [6.45, 7) is 2.86. The third-order valence-corrected chi connectivity index (χ3v) is 3.44. The average molecular weight is 204 g/mol. The molecule has 0 bridgehead atoms. The summed E-state index contributed by atoms with van der Waals surface area (Å²) >= 11 is 0. The van der Waals surface area contributed by atoms with Gasteiger partial charge < -0.3 is 10.2 Å². The second-order valence-corrected chi connectivity index (χ2v) is 4.72. The number of nitrogens with one attached hydrogen (secondary N) is 1. The van der Waals surface area contributed by atoms with E-state index < -0.39 is 5.92 Å². The van der Waals surface area contributed by atoms with Crippen molar-refractivity contribution in [3.05, 3.63) is 0 Å². The Balaban J connectivity index is 1.75. The zero-order valence-electron chi connectivity index (χ0n) is 8.60. The zero-order valence-corrected chi connectivity index (χ0v) is 8.60. The van der Waals surface area contributed by atoms with Crippen LogP contribution < -0.4 is 5.32 Å². The zero-order chi connectivity index (χ0) is 10.2. The summed E-state index contributed by atoms with van der Waals surface area (Å²) in [7, 11) is 2.04. The molecule has 1 saturated carbocycles. The van der Waals surface area contributed by atoms with E-state index in [1.54, 1.807) is 0 Å². The molecule has 1 unspecified atom stereocenters. The van der Waals surface area contributed by atoms with Crippen LogP contribution >= 0.6 is 0 Å². The SMILES string of the molecule is CN(CC1CCC(F)(F)C1)C1CNC1. The molecule has 2 nitrogen and oxygen atoms in total. The van der Waals surface area contributed by atoms with Crippen molar-refractivity contribution >= 4 is 0 Å². The van der Waals surface area contributed by atoms with Crippen molar-refractivity contribution in [2.24, 2.45) is 5.92 Å². The highest BCUT2D eigenvalue weighted by Crippen LogP contribution is 2.39. The van der Waals surface area contributed by atoms with Crippen molar-refractivity contribution in [2.45, 2.75) is 31.2 Å². The molecule has 0 aromatic carbocycles. The molecular formula is C10H18F2N2. The van der Waals surface area contributed by atoms with E-state index >= 15 is 0 Å². The van der Waals surface area contributed by atoms with E-state index in [1.807, 2.05) is 7.05 Å². The summed E-state index contributed by atoms with van der Waals surface area (Å²) in [5.74, 6) is -2.18. The first-order valence-electron chi connectivity index (χ1n) is 5.36. The van der Waals surface area contributed by atoms with Crippen LogP contribution in [0.15, 0.2) is 0 Å². The van der Waals surface area contributed by atoms with Gasteiger partial charge in [0.2, 0.25) is 5.92 Å². The molecule has 1 aliphatic heterocycles. The minimum Gasteiger partial charge on any atom is -0.314 e. The molecule has 1 aliphatic carbocycles. The van der Waals surface area contributed by atoms with Gasteiger partial charge in [-0.25, -0.2) is 8.78 Å². The molecule has 0 aromatic heterocycles. The maximum atomic E-state index is 12.9. The highest BCUT2D eigenvalue weighted by atomic mass is 19.3. The third kappa shape index (κ3) is 2.23. The summed E-state index contributed by atoms with van der Waals surface area (Å²) in [5.41, 5.74) is 0. The molecule has 0 spiro atoms. The van der Waals surface area contributed by atoms with E-state index in [0.29, 0.717) is 12.5 Å². The van der Waals surface area contributed by atoms with Crippen molar-refractivity contribution in [1.82, 2.24) is 10.2 Å². The number of nitrogens with zero attached hydrogens (tertiary/aromatic N) is 1. The van der Waals surface area contributed by atoms with Gasteiger partial charge in [-0.2, -0.15) is 0 Å². The fourth-order valence-corrected chi connectivity index (χ4v) is 2.34. The van der Waals surface area contributed by atoms with E-state index in [2.05, 4.69) is 10.2 Å². The largest absolute Gasteiger partial charge is 0.314 e. The monoisotopic (exact) mass is 204 g/mol. The predicted molar refractivity (Wildman–Crippen MR) is 51.6 cm³/mol. The Morgan fingerprint density at radius 3 is 2.57 bits per heavy atom. The van der Waals surface area contributed by atoms with Crippen LogP contribution in [0.3, 0.4) is 0 Å². The molecule has 1 atom stereocenters. The summed E-state index contributed by atoms with van der Waals surface area (Å²) in [5, 5.41) is 3.19. The molecule has 4 heteroatoms. The van der Waals surface area contributed by atoms with E-state index in [9.17, 15) is 8.78 Å². The second kappa shape index (κ2) is 3.74. The number of alkyl halides is 2. The van der Waals surface area contributed by atoms with Crippen LogP contribution in [0.5, 0.6) is 0 Å². The molecule has 0 amide bonds. The van der Waals surface area contributed by atoms with Gasteiger partial charge in [-0.3, -0.25) is 0 Å². The fourth-order valence-electron chi connectivity index (χ4n) is 2.34. The minimum atomic E-state index is -2.39. The third-order valence-electron chi connectivity index (χ3n) is 3.44. The number of halogens is 2. The fraction of sp³-hybridized carbons (Fsp3) is 1.00. The Bertz CT molecular complexity index is 204. The van der Waals surface area contributed by atoms with Crippen molar-refractivity contribution < 1.29 is 8.78 Å². The van der Waals surface area contributed by atoms with Crippen LogP contribution in [0, 0.1) is 5.92 Å². The van der Waals surface area contributed by atoms with Crippen molar-refractivity contribution in [3.63, 3.8) is 0 Å². The number of hydrogen-bond donors (Lipinski definition) is 1. The first kappa shape index (κ1) is 10.3. The van der Waals surface area contributed by atoms with E-state index in [1.165, 1.54) is 0 Å². The van der Waals surface area contributed by atoms with Crippen LogP contribution in [0.2, 0.25) is 0 Å². The lowest BCUT2D eigenvalue weighted by molar-refractivity contribution is 0.00279.